The lowest BCUT2D eigenvalue weighted by atomic mass is 10.1. The van der Waals surface area contributed by atoms with Crippen molar-refractivity contribution in [2.75, 3.05) is 0 Å². The van der Waals surface area contributed by atoms with Crippen LogP contribution in [-0.2, 0) is 0 Å². The Morgan fingerprint density at radius 1 is 1.09 bits per heavy atom. The first kappa shape index (κ1) is 16.0. The molecule has 3 rings (SSSR count). The highest BCUT2D eigenvalue weighted by atomic mass is 16.4. The molecular weight excluding hydrogens is 296 g/mol. The van der Waals surface area contributed by atoms with Gasteiger partial charge in [-0.15, -0.1) is 0 Å². The summed E-state index contributed by atoms with van der Waals surface area (Å²) in [7, 11) is 0. The van der Waals surface area contributed by atoms with E-state index in [0.717, 1.165) is 16.5 Å². The first-order valence-electron chi connectivity index (χ1n) is 6.69. The summed E-state index contributed by atoms with van der Waals surface area (Å²) >= 11 is 0. The molecule has 0 fully saturated rings. The van der Waals surface area contributed by atoms with E-state index in [1.54, 1.807) is 0 Å². The van der Waals surface area contributed by atoms with Gasteiger partial charge >= 0.3 is 5.97 Å². The van der Waals surface area contributed by atoms with Crippen molar-refractivity contribution in [3.8, 4) is 5.75 Å². The number of aromatic nitrogens is 1. The third kappa shape index (κ3) is 4.04. The first-order chi connectivity index (χ1) is 11.1. The van der Waals surface area contributed by atoms with Gasteiger partial charge in [0, 0.05) is 17.7 Å². The van der Waals surface area contributed by atoms with Crippen molar-refractivity contribution in [3.05, 3.63) is 71.9 Å². The van der Waals surface area contributed by atoms with Crippen LogP contribution in [0.15, 0.2) is 65.9 Å². The van der Waals surface area contributed by atoms with E-state index in [1.807, 2.05) is 36.5 Å². The molecular formula is C17H14N2O4. The number of carboxylic acids is 1. The van der Waals surface area contributed by atoms with Gasteiger partial charge in [-0.1, -0.05) is 41.2 Å². The number of oxime groups is 1. The molecule has 1 aromatic heterocycles. The summed E-state index contributed by atoms with van der Waals surface area (Å²) in [5.74, 6) is -1.62. The molecule has 1 heterocycles. The molecule has 0 unspecified atom stereocenters. The van der Waals surface area contributed by atoms with Gasteiger partial charge in [0.2, 0.25) is 5.52 Å². The molecule has 6 nitrogen and oxygen atoms in total. The molecule has 0 aliphatic carbocycles. The Morgan fingerprint density at radius 3 is 2.43 bits per heavy atom. The SMILES string of the molecule is O/N=C/c1cc[nH+]c2ccccc12.O=C(O)c1ccccc1[O-]. The van der Waals surface area contributed by atoms with Crippen LogP contribution in [0.2, 0.25) is 0 Å². The molecule has 0 bridgehead atoms. The third-order valence-corrected chi connectivity index (χ3v) is 3.05. The molecule has 0 spiro atoms. The number of pyridine rings is 1. The van der Waals surface area contributed by atoms with Crippen molar-refractivity contribution in [2.45, 2.75) is 0 Å². The summed E-state index contributed by atoms with van der Waals surface area (Å²) < 4.78 is 0. The maximum absolute atomic E-state index is 10.7. The second kappa shape index (κ2) is 7.56. The molecule has 0 amide bonds. The topological polar surface area (TPSA) is 107 Å². The minimum absolute atomic E-state index is 0.178. The van der Waals surface area contributed by atoms with Crippen LogP contribution in [0.5, 0.6) is 5.75 Å². The van der Waals surface area contributed by atoms with Gasteiger partial charge in [0.25, 0.3) is 0 Å². The molecule has 0 radical (unpaired) electrons. The summed E-state index contributed by atoms with van der Waals surface area (Å²) in [4.78, 5) is 13.3. The zero-order valence-electron chi connectivity index (χ0n) is 12.0. The van der Waals surface area contributed by atoms with Gasteiger partial charge in [0.1, 0.15) is 0 Å². The molecule has 3 aromatic rings. The van der Waals surface area contributed by atoms with Gasteiger partial charge in [-0.2, -0.15) is 0 Å². The van der Waals surface area contributed by atoms with E-state index in [-0.39, 0.29) is 5.56 Å². The standard InChI is InChI=1S/C10H8N2O.C7H6O3/c13-12-7-8-5-6-11-10-4-2-1-3-9(8)10;8-6-4-2-1-3-5(6)7(9)10/h1-7,13H;1-4,8H,(H,9,10)/b12-7+;. The number of nitrogens with one attached hydrogen (secondary N) is 1. The Labute approximate surface area is 132 Å². The number of rotatable bonds is 2. The summed E-state index contributed by atoms with van der Waals surface area (Å²) in [5.41, 5.74) is 1.75. The monoisotopic (exact) mass is 310 g/mol. The Morgan fingerprint density at radius 2 is 1.78 bits per heavy atom. The summed E-state index contributed by atoms with van der Waals surface area (Å²) in [6, 6.07) is 15.3. The van der Waals surface area contributed by atoms with Crippen molar-refractivity contribution in [1.82, 2.24) is 0 Å². The van der Waals surface area contributed by atoms with Gasteiger partial charge in [-0.05, 0) is 12.1 Å². The van der Waals surface area contributed by atoms with Crippen LogP contribution in [0, 0.1) is 0 Å². The van der Waals surface area contributed by atoms with Crippen molar-refractivity contribution in [1.29, 1.82) is 0 Å². The number of carboxylic acid groups (broad SMARTS) is 1. The van der Waals surface area contributed by atoms with Crippen LogP contribution < -0.4 is 10.1 Å². The van der Waals surface area contributed by atoms with Crippen LogP contribution in [0.3, 0.4) is 0 Å². The summed E-state index contributed by atoms with van der Waals surface area (Å²) in [5, 5.41) is 31.5. The summed E-state index contributed by atoms with van der Waals surface area (Å²) in [6.45, 7) is 0. The fraction of sp³-hybridized carbons (Fsp3) is 0. The number of aromatic carboxylic acids is 1. The highest BCUT2D eigenvalue weighted by Gasteiger charge is 2.02. The molecule has 0 saturated carbocycles. The Bertz CT molecular complexity index is 841. The minimum atomic E-state index is -1.18. The number of benzene rings is 2. The van der Waals surface area contributed by atoms with Gasteiger partial charge in [0.05, 0.1) is 17.2 Å². The van der Waals surface area contributed by atoms with Crippen molar-refractivity contribution < 1.29 is 25.2 Å². The lowest BCUT2D eigenvalue weighted by molar-refractivity contribution is -0.344. The molecule has 0 aliphatic rings. The van der Waals surface area contributed by atoms with Crippen molar-refractivity contribution in [3.63, 3.8) is 0 Å². The van der Waals surface area contributed by atoms with E-state index in [4.69, 9.17) is 10.3 Å². The highest BCUT2D eigenvalue weighted by Crippen LogP contribution is 2.12. The van der Waals surface area contributed by atoms with E-state index < -0.39 is 11.7 Å². The third-order valence-electron chi connectivity index (χ3n) is 3.05. The quantitative estimate of drug-likeness (QED) is 0.428. The zero-order valence-corrected chi connectivity index (χ0v) is 12.0. The average Bonchev–Trinajstić information content (AvgIpc) is 2.56. The Balaban J connectivity index is 0.000000174. The van der Waals surface area contributed by atoms with E-state index in [2.05, 4.69) is 10.1 Å². The Kier molecular flexibility index (Phi) is 5.25. The van der Waals surface area contributed by atoms with Crippen molar-refractivity contribution in [2.24, 2.45) is 5.16 Å². The number of para-hydroxylation sites is 2. The van der Waals surface area contributed by atoms with E-state index in [1.165, 1.54) is 30.5 Å². The average molecular weight is 310 g/mol. The number of hydrogen-bond acceptors (Lipinski definition) is 4. The maximum Gasteiger partial charge on any atom is 0.335 e. The van der Waals surface area contributed by atoms with Gasteiger partial charge in [-0.25, -0.2) is 9.78 Å². The van der Waals surface area contributed by atoms with Crippen LogP contribution in [-0.4, -0.2) is 22.5 Å². The van der Waals surface area contributed by atoms with Crippen LogP contribution >= 0.6 is 0 Å². The van der Waals surface area contributed by atoms with Crippen molar-refractivity contribution >= 4 is 23.1 Å². The number of nitrogens with zero attached hydrogens (tertiary/aromatic N) is 1. The van der Waals surface area contributed by atoms with E-state index >= 15 is 0 Å². The molecule has 0 saturated heterocycles. The fourth-order valence-corrected chi connectivity index (χ4v) is 1.99. The largest absolute Gasteiger partial charge is 0.872 e. The van der Waals surface area contributed by atoms with Gasteiger partial charge < -0.3 is 15.4 Å². The molecule has 0 atom stereocenters. The zero-order chi connectivity index (χ0) is 16.7. The molecule has 116 valence electrons. The molecule has 6 heteroatoms. The normalized spacial score (nSPS) is 10.3. The molecule has 3 N–H and O–H groups in total. The maximum atomic E-state index is 10.7. The van der Waals surface area contributed by atoms with E-state index in [9.17, 15) is 9.90 Å². The molecule has 23 heavy (non-hydrogen) atoms. The summed E-state index contributed by atoms with van der Waals surface area (Å²) in [6.07, 6.45) is 3.25. The molecule has 0 aliphatic heterocycles. The predicted octanol–water partition coefficient (Wildman–Crippen LogP) is 1.92. The lowest BCUT2D eigenvalue weighted by Crippen LogP contribution is -2.03. The predicted molar refractivity (Wildman–Crippen MR) is 82.7 cm³/mol. The fourth-order valence-electron chi connectivity index (χ4n) is 1.99. The smallest absolute Gasteiger partial charge is 0.335 e. The second-order valence-corrected chi connectivity index (χ2v) is 4.52. The molecule has 2 aromatic carbocycles. The number of fused-ring (bicyclic) bond motifs is 1. The van der Waals surface area contributed by atoms with E-state index in [0.29, 0.717) is 0 Å². The number of H-pyrrole nitrogens is 1. The van der Waals surface area contributed by atoms with Crippen LogP contribution in [0.25, 0.3) is 10.9 Å². The minimum Gasteiger partial charge on any atom is -0.872 e. The van der Waals surface area contributed by atoms with Crippen LogP contribution in [0.1, 0.15) is 15.9 Å². The number of hydrogen-bond donors (Lipinski definition) is 2. The number of carbonyl (C=O) groups is 1. The lowest BCUT2D eigenvalue weighted by Gasteiger charge is -2.07. The van der Waals surface area contributed by atoms with Crippen LogP contribution in [0.4, 0.5) is 0 Å². The van der Waals surface area contributed by atoms with Gasteiger partial charge in [0.15, 0.2) is 6.20 Å². The first-order valence-corrected chi connectivity index (χ1v) is 6.69. The second-order valence-electron chi connectivity index (χ2n) is 4.52. The Hall–Kier alpha value is -3.41. The number of aromatic amines is 1. The highest BCUT2D eigenvalue weighted by molar-refractivity contribution is 5.96. The van der Waals surface area contributed by atoms with Gasteiger partial charge in [-0.3, -0.25) is 0 Å².